The van der Waals surface area contributed by atoms with Crippen molar-refractivity contribution in [2.24, 2.45) is 0 Å². The van der Waals surface area contributed by atoms with Crippen molar-refractivity contribution in [2.75, 3.05) is 5.32 Å². The number of amides is 1. The van der Waals surface area contributed by atoms with E-state index >= 15 is 0 Å². The maximum Gasteiger partial charge on any atom is 0.257 e. The van der Waals surface area contributed by atoms with Crippen LogP contribution in [0.4, 0.5) is 5.82 Å². The predicted octanol–water partition coefficient (Wildman–Crippen LogP) is 4.02. The number of aryl methyl sites for hydroxylation is 3. The Morgan fingerprint density at radius 1 is 1.16 bits per heavy atom. The normalized spacial score (nSPS) is 10.3. The first kappa shape index (κ1) is 13.7. The van der Waals surface area contributed by atoms with Gasteiger partial charge in [-0.05, 0) is 60.5 Å². The summed E-state index contributed by atoms with van der Waals surface area (Å²) in [5.74, 6) is 0.432. The zero-order chi connectivity index (χ0) is 14.0. The van der Waals surface area contributed by atoms with Gasteiger partial charge in [0.2, 0.25) is 0 Å². The lowest BCUT2D eigenvalue weighted by atomic mass is 10.1. The van der Waals surface area contributed by atoms with E-state index in [0.29, 0.717) is 11.4 Å². The number of nitrogens with one attached hydrogen (secondary N) is 1. The number of hydrogen-bond donors (Lipinski definition) is 1. The number of carbonyl (C=O) groups is 1. The van der Waals surface area contributed by atoms with Gasteiger partial charge in [-0.15, -0.1) is 0 Å². The van der Waals surface area contributed by atoms with Crippen molar-refractivity contribution in [3.63, 3.8) is 0 Å². The van der Waals surface area contributed by atoms with E-state index in [2.05, 4.69) is 26.2 Å². The number of anilines is 1. The third-order valence-corrected chi connectivity index (χ3v) is 3.74. The molecule has 2 rings (SSSR count). The summed E-state index contributed by atoms with van der Waals surface area (Å²) in [6, 6.07) is 9.48. The second kappa shape index (κ2) is 5.53. The van der Waals surface area contributed by atoms with Gasteiger partial charge in [0.25, 0.3) is 5.91 Å². The highest BCUT2D eigenvalue weighted by Gasteiger charge is 2.10. The van der Waals surface area contributed by atoms with Gasteiger partial charge in [0.05, 0.1) is 5.69 Å². The lowest BCUT2D eigenvalue weighted by Crippen LogP contribution is -2.14. The van der Waals surface area contributed by atoms with E-state index in [1.165, 1.54) is 0 Å². The number of rotatable bonds is 2. The molecule has 0 atom stereocenters. The van der Waals surface area contributed by atoms with E-state index in [1.54, 1.807) is 6.07 Å². The SMILES string of the molecule is Cc1ccc(C)c(C(=O)Nc2ccc(Br)c(C)n2)c1. The fraction of sp³-hybridized carbons (Fsp3) is 0.200. The van der Waals surface area contributed by atoms with E-state index in [9.17, 15) is 4.79 Å². The zero-order valence-electron chi connectivity index (χ0n) is 11.1. The van der Waals surface area contributed by atoms with Crippen LogP contribution in [0.2, 0.25) is 0 Å². The van der Waals surface area contributed by atoms with E-state index in [-0.39, 0.29) is 5.91 Å². The van der Waals surface area contributed by atoms with E-state index < -0.39 is 0 Å². The minimum Gasteiger partial charge on any atom is -0.307 e. The first-order valence-electron chi connectivity index (χ1n) is 5.99. The summed E-state index contributed by atoms with van der Waals surface area (Å²) >= 11 is 3.39. The van der Waals surface area contributed by atoms with Crippen LogP contribution >= 0.6 is 15.9 Å². The first-order valence-corrected chi connectivity index (χ1v) is 6.78. The van der Waals surface area contributed by atoms with Crippen LogP contribution in [0.15, 0.2) is 34.8 Å². The van der Waals surface area contributed by atoms with Gasteiger partial charge in [0.15, 0.2) is 0 Å². The van der Waals surface area contributed by atoms with Crippen molar-refractivity contribution in [2.45, 2.75) is 20.8 Å². The molecule has 1 amide bonds. The summed E-state index contributed by atoms with van der Waals surface area (Å²) in [7, 11) is 0. The molecule has 0 aliphatic carbocycles. The van der Waals surface area contributed by atoms with Gasteiger partial charge >= 0.3 is 0 Å². The molecule has 0 aliphatic heterocycles. The molecule has 0 radical (unpaired) electrons. The Bertz CT molecular complexity index is 638. The Labute approximate surface area is 121 Å². The molecule has 3 nitrogen and oxygen atoms in total. The molecule has 1 aromatic carbocycles. The molecule has 98 valence electrons. The second-order valence-electron chi connectivity index (χ2n) is 4.54. The van der Waals surface area contributed by atoms with E-state index in [4.69, 9.17) is 0 Å². The molecule has 1 N–H and O–H groups in total. The number of benzene rings is 1. The van der Waals surface area contributed by atoms with Gasteiger partial charge in [-0.1, -0.05) is 17.7 Å². The van der Waals surface area contributed by atoms with Gasteiger partial charge in [0.1, 0.15) is 5.82 Å². The average molecular weight is 319 g/mol. The van der Waals surface area contributed by atoms with Crippen LogP contribution in [0, 0.1) is 20.8 Å². The highest BCUT2D eigenvalue weighted by atomic mass is 79.9. The third kappa shape index (κ3) is 3.20. The van der Waals surface area contributed by atoms with Crippen LogP contribution in [-0.2, 0) is 0 Å². The predicted molar refractivity (Wildman–Crippen MR) is 80.5 cm³/mol. The van der Waals surface area contributed by atoms with Crippen molar-refractivity contribution in [1.29, 1.82) is 0 Å². The van der Waals surface area contributed by atoms with Crippen LogP contribution in [0.1, 0.15) is 27.2 Å². The number of hydrogen-bond acceptors (Lipinski definition) is 2. The van der Waals surface area contributed by atoms with Crippen LogP contribution in [0.5, 0.6) is 0 Å². The zero-order valence-corrected chi connectivity index (χ0v) is 12.7. The number of pyridine rings is 1. The van der Waals surface area contributed by atoms with Crippen molar-refractivity contribution < 1.29 is 4.79 Å². The summed E-state index contributed by atoms with van der Waals surface area (Å²) in [4.78, 5) is 16.5. The Balaban J connectivity index is 2.25. The highest BCUT2D eigenvalue weighted by Crippen LogP contribution is 2.17. The molecule has 0 aliphatic rings. The van der Waals surface area contributed by atoms with Crippen LogP contribution in [0.3, 0.4) is 0 Å². The minimum absolute atomic E-state index is 0.129. The smallest absolute Gasteiger partial charge is 0.257 e. The Hall–Kier alpha value is -1.68. The Morgan fingerprint density at radius 2 is 1.89 bits per heavy atom. The van der Waals surface area contributed by atoms with Crippen LogP contribution < -0.4 is 5.32 Å². The molecule has 0 bridgehead atoms. The maximum absolute atomic E-state index is 12.2. The van der Waals surface area contributed by atoms with Gasteiger partial charge in [-0.2, -0.15) is 0 Å². The molecule has 19 heavy (non-hydrogen) atoms. The van der Waals surface area contributed by atoms with E-state index in [0.717, 1.165) is 21.3 Å². The van der Waals surface area contributed by atoms with Gasteiger partial charge in [-0.3, -0.25) is 4.79 Å². The molecule has 0 saturated heterocycles. The third-order valence-electron chi connectivity index (χ3n) is 2.90. The average Bonchev–Trinajstić information content (AvgIpc) is 2.36. The van der Waals surface area contributed by atoms with Crippen LogP contribution in [-0.4, -0.2) is 10.9 Å². The van der Waals surface area contributed by atoms with Crippen LogP contribution in [0.25, 0.3) is 0 Å². The molecule has 1 heterocycles. The molecular formula is C15H15BrN2O. The lowest BCUT2D eigenvalue weighted by Gasteiger charge is -2.09. The first-order chi connectivity index (χ1) is 8.97. The molecule has 0 fully saturated rings. The summed E-state index contributed by atoms with van der Waals surface area (Å²) < 4.78 is 0.928. The Morgan fingerprint density at radius 3 is 2.58 bits per heavy atom. The second-order valence-corrected chi connectivity index (χ2v) is 5.39. The molecule has 2 aromatic rings. The lowest BCUT2D eigenvalue weighted by molar-refractivity contribution is 0.102. The largest absolute Gasteiger partial charge is 0.307 e. The molecule has 0 unspecified atom stereocenters. The fourth-order valence-electron chi connectivity index (χ4n) is 1.78. The van der Waals surface area contributed by atoms with Gasteiger partial charge in [-0.25, -0.2) is 4.98 Å². The van der Waals surface area contributed by atoms with Gasteiger partial charge < -0.3 is 5.32 Å². The van der Waals surface area contributed by atoms with Crippen molar-refractivity contribution in [1.82, 2.24) is 4.98 Å². The summed E-state index contributed by atoms with van der Waals surface area (Å²) in [6.45, 7) is 5.78. The quantitative estimate of drug-likeness (QED) is 0.908. The maximum atomic E-state index is 12.2. The monoisotopic (exact) mass is 318 g/mol. The Kier molecular flexibility index (Phi) is 4.00. The molecular weight excluding hydrogens is 304 g/mol. The van der Waals surface area contributed by atoms with Crippen molar-refractivity contribution in [3.8, 4) is 0 Å². The number of aromatic nitrogens is 1. The standard InChI is InChI=1S/C15H15BrN2O/c1-9-4-5-10(2)12(8-9)15(19)18-14-7-6-13(16)11(3)17-14/h4-8H,1-3H3,(H,17,18,19). The summed E-state index contributed by atoms with van der Waals surface area (Å²) in [5.41, 5.74) is 3.55. The summed E-state index contributed by atoms with van der Waals surface area (Å²) in [5, 5.41) is 2.82. The number of halogens is 1. The highest BCUT2D eigenvalue weighted by molar-refractivity contribution is 9.10. The molecule has 4 heteroatoms. The molecule has 0 saturated carbocycles. The molecule has 1 aromatic heterocycles. The van der Waals surface area contributed by atoms with Crippen molar-refractivity contribution in [3.05, 3.63) is 57.2 Å². The van der Waals surface area contributed by atoms with Gasteiger partial charge in [0, 0.05) is 10.0 Å². The minimum atomic E-state index is -0.129. The molecule has 0 spiro atoms. The van der Waals surface area contributed by atoms with Crippen molar-refractivity contribution >= 4 is 27.7 Å². The summed E-state index contributed by atoms with van der Waals surface area (Å²) in [6.07, 6.45) is 0. The number of carbonyl (C=O) groups excluding carboxylic acids is 1. The fourth-order valence-corrected chi connectivity index (χ4v) is 2.00. The van der Waals surface area contributed by atoms with E-state index in [1.807, 2.05) is 45.0 Å². The number of nitrogens with zero attached hydrogens (tertiary/aromatic N) is 1. The topological polar surface area (TPSA) is 42.0 Å².